The molecule has 0 radical (unpaired) electrons. The maximum Gasteiger partial charge on any atom is 0.191 e. The van der Waals surface area contributed by atoms with Gasteiger partial charge in [-0.1, -0.05) is 25.0 Å². The van der Waals surface area contributed by atoms with Gasteiger partial charge in [-0.15, -0.1) is 24.0 Å². The summed E-state index contributed by atoms with van der Waals surface area (Å²) < 4.78 is 16.6. The van der Waals surface area contributed by atoms with E-state index in [0.29, 0.717) is 25.2 Å². The largest absolute Gasteiger partial charge is 0.491 e. The summed E-state index contributed by atoms with van der Waals surface area (Å²) >= 11 is 0. The second-order valence-electron chi connectivity index (χ2n) is 7.89. The Morgan fingerprint density at radius 2 is 1.90 bits per heavy atom. The van der Waals surface area contributed by atoms with Crippen molar-refractivity contribution >= 4 is 29.9 Å². The molecule has 0 bridgehead atoms. The molecular weight excluding hydrogens is 493 g/mol. The molecule has 0 heterocycles. The van der Waals surface area contributed by atoms with Crippen LogP contribution < -0.4 is 15.4 Å². The molecule has 0 unspecified atom stereocenters. The molecule has 2 rings (SSSR count). The number of aryl methyl sites for hydroxylation is 1. The fraction of sp³-hybridized carbons (Fsp3) is 0.696. The zero-order valence-electron chi connectivity index (χ0n) is 19.1. The Kier molecular flexibility index (Phi) is 13.4. The number of nitrogens with one attached hydrogen (secondary N) is 2. The van der Waals surface area contributed by atoms with Crippen molar-refractivity contribution in [3.05, 3.63) is 29.3 Å². The van der Waals surface area contributed by atoms with Crippen LogP contribution in [0.4, 0.5) is 0 Å². The van der Waals surface area contributed by atoms with Crippen molar-refractivity contribution in [1.82, 2.24) is 10.6 Å². The van der Waals surface area contributed by atoms with E-state index in [2.05, 4.69) is 47.7 Å². The lowest BCUT2D eigenvalue weighted by molar-refractivity contribution is 0.105. The Labute approximate surface area is 199 Å². The van der Waals surface area contributed by atoms with E-state index < -0.39 is 0 Å². The van der Waals surface area contributed by atoms with Crippen molar-refractivity contribution in [2.75, 3.05) is 47.1 Å². The molecule has 1 aliphatic carbocycles. The minimum atomic E-state index is 0. The Balaban J connectivity index is 0.00000450. The molecule has 2 N–H and O–H groups in total. The molecule has 7 heteroatoms. The number of benzene rings is 1. The topological polar surface area (TPSA) is 64.1 Å². The molecule has 1 aromatic carbocycles. The number of halogens is 1. The quantitative estimate of drug-likeness (QED) is 0.182. The molecule has 1 aromatic rings. The molecule has 1 fully saturated rings. The molecule has 0 saturated heterocycles. The van der Waals surface area contributed by atoms with Gasteiger partial charge in [0.05, 0.1) is 6.61 Å². The van der Waals surface area contributed by atoms with Crippen LogP contribution in [0, 0.1) is 12.3 Å². The lowest BCUT2D eigenvalue weighted by atomic mass is 9.83. The van der Waals surface area contributed by atoms with Crippen LogP contribution in [0.3, 0.4) is 0 Å². The van der Waals surface area contributed by atoms with Crippen molar-refractivity contribution in [2.45, 2.75) is 52.5 Å². The number of nitrogens with zero attached hydrogens (tertiary/aromatic N) is 1. The van der Waals surface area contributed by atoms with Gasteiger partial charge in [-0.05, 0) is 50.2 Å². The van der Waals surface area contributed by atoms with E-state index in [4.69, 9.17) is 14.2 Å². The number of guanidine groups is 1. The van der Waals surface area contributed by atoms with E-state index in [-0.39, 0.29) is 24.0 Å². The molecule has 0 atom stereocenters. The van der Waals surface area contributed by atoms with Crippen LogP contribution >= 0.6 is 24.0 Å². The van der Waals surface area contributed by atoms with Gasteiger partial charge in [0.1, 0.15) is 12.4 Å². The van der Waals surface area contributed by atoms with Gasteiger partial charge >= 0.3 is 0 Å². The van der Waals surface area contributed by atoms with Gasteiger partial charge in [0, 0.05) is 46.0 Å². The summed E-state index contributed by atoms with van der Waals surface area (Å²) in [6.07, 6.45) is 6.26. The SMILES string of the molecule is CCOCCC1(CNC(=NC)NCc2ccc(C)cc2OCCOC)CCCC1.I. The number of aliphatic imine (C=N–C) groups is 1. The molecule has 1 aliphatic rings. The van der Waals surface area contributed by atoms with Crippen LogP contribution in [0.1, 0.15) is 50.2 Å². The zero-order valence-corrected chi connectivity index (χ0v) is 21.4. The number of methoxy groups -OCH3 is 1. The van der Waals surface area contributed by atoms with Gasteiger partial charge in [0.25, 0.3) is 0 Å². The summed E-state index contributed by atoms with van der Waals surface area (Å²) in [6, 6.07) is 6.29. The average Bonchev–Trinajstić information content (AvgIpc) is 3.19. The maximum atomic E-state index is 5.90. The number of hydrogen-bond acceptors (Lipinski definition) is 4. The van der Waals surface area contributed by atoms with Gasteiger partial charge in [-0.3, -0.25) is 4.99 Å². The molecule has 0 spiro atoms. The van der Waals surface area contributed by atoms with Crippen LogP contribution in [-0.2, 0) is 16.0 Å². The third-order valence-corrected chi connectivity index (χ3v) is 5.71. The monoisotopic (exact) mass is 533 g/mol. The first-order chi connectivity index (χ1) is 14.1. The van der Waals surface area contributed by atoms with Gasteiger partial charge in [-0.25, -0.2) is 0 Å². The predicted octanol–water partition coefficient (Wildman–Crippen LogP) is 4.29. The molecule has 0 amide bonds. The number of rotatable bonds is 12. The normalized spacial score (nSPS) is 15.5. The highest BCUT2D eigenvalue weighted by molar-refractivity contribution is 14.0. The van der Waals surface area contributed by atoms with Crippen molar-refractivity contribution in [3.63, 3.8) is 0 Å². The molecule has 1 saturated carbocycles. The maximum absolute atomic E-state index is 5.90. The second kappa shape index (κ2) is 14.9. The van der Waals surface area contributed by atoms with E-state index in [1.807, 2.05) is 7.05 Å². The standard InChI is InChI=1S/C23H39N3O3.HI/c1-5-28-13-12-23(10-6-7-11-23)18-26-22(24-3)25-17-20-9-8-19(2)16-21(20)29-15-14-27-4;/h8-9,16H,5-7,10-15,17-18H2,1-4H3,(H2,24,25,26);1H. The molecule has 0 aliphatic heterocycles. The first kappa shape index (κ1) is 27.0. The predicted molar refractivity (Wildman–Crippen MR) is 134 cm³/mol. The minimum Gasteiger partial charge on any atom is -0.491 e. The van der Waals surface area contributed by atoms with Crippen LogP contribution in [0.5, 0.6) is 5.75 Å². The van der Waals surface area contributed by atoms with Crippen LogP contribution in [0.2, 0.25) is 0 Å². The van der Waals surface area contributed by atoms with Gasteiger partial charge < -0.3 is 24.8 Å². The first-order valence-electron chi connectivity index (χ1n) is 10.9. The molecule has 0 aromatic heterocycles. The Morgan fingerprint density at radius 3 is 2.57 bits per heavy atom. The van der Waals surface area contributed by atoms with E-state index in [1.54, 1.807) is 7.11 Å². The first-order valence-corrected chi connectivity index (χ1v) is 10.9. The fourth-order valence-electron chi connectivity index (χ4n) is 3.92. The summed E-state index contributed by atoms with van der Waals surface area (Å²) in [5, 5.41) is 7.00. The summed E-state index contributed by atoms with van der Waals surface area (Å²) in [7, 11) is 3.51. The highest BCUT2D eigenvalue weighted by Gasteiger charge is 2.33. The highest BCUT2D eigenvalue weighted by Crippen LogP contribution is 2.40. The third kappa shape index (κ3) is 8.98. The molecule has 30 heavy (non-hydrogen) atoms. The van der Waals surface area contributed by atoms with Crippen molar-refractivity contribution in [1.29, 1.82) is 0 Å². The Hall–Kier alpha value is -1.06. The second-order valence-corrected chi connectivity index (χ2v) is 7.89. The average molecular weight is 533 g/mol. The van der Waals surface area contributed by atoms with Gasteiger partial charge in [-0.2, -0.15) is 0 Å². The van der Waals surface area contributed by atoms with Crippen molar-refractivity contribution in [2.24, 2.45) is 10.4 Å². The summed E-state index contributed by atoms with van der Waals surface area (Å²) in [5.41, 5.74) is 2.62. The van der Waals surface area contributed by atoms with Crippen LogP contribution in [0.15, 0.2) is 23.2 Å². The van der Waals surface area contributed by atoms with Gasteiger partial charge in [0.2, 0.25) is 0 Å². The number of hydrogen-bond donors (Lipinski definition) is 2. The number of ether oxygens (including phenoxy) is 3. The molecular formula is C23H40IN3O3. The van der Waals surface area contributed by atoms with E-state index in [1.165, 1.54) is 31.2 Å². The van der Waals surface area contributed by atoms with Gasteiger partial charge in [0.15, 0.2) is 5.96 Å². The highest BCUT2D eigenvalue weighted by atomic mass is 127. The smallest absolute Gasteiger partial charge is 0.191 e. The molecule has 6 nitrogen and oxygen atoms in total. The zero-order chi connectivity index (χ0) is 21.0. The van der Waals surface area contributed by atoms with E-state index in [9.17, 15) is 0 Å². The van der Waals surface area contributed by atoms with Crippen LogP contribution in [0.25, 0.3) is 0 Å². The minimum absolute atomic E-state index is 0. The third-order valence-electron chi connectivity index (χ3n) is 5.71. The van der Waals surface area contributed by atoms with Crippen molar-refractivity contribution in [3.8, 4) is 5.75 Å². The lowest BCUT2D eigenvalue weighted by Gasteiger charge is -2.30. The molecule has 172 valence electrons. The summed E-state index contributed by atoms with van der Waals surface area (Å²) in [5.74, 6) is 1.73. The Morgan fingerprint density at radius 1 is 1.13 bits per heavy atom. The summed E-state index contributed by atoms with van der Waals surface area (Å²) in [4.78, 5) is 4.42. The van der Waals surface area contributed by atoms with E-state index in [0.717, 1.165) is 43.5 Å². The summed E-state index contributed by atoms with van der Waals surface area (Å²) in [6.45, 7) is 8.48. The Bertz CT molecular complexity index is 634. The van der Waals surface area contributed by atoms with Crippen LogP contribution in [-0.4, -0.2) is 53.1 Å². The fourth-order valence-corrected chi connectivity index (χ4v) is 3.92. The van der Waals surface area contributed by atoms with Crippen molar-refractivity contribution < 1.29 is 14.2 Å². The van der Waals surface area contributed by atoms with E-state index >= 15 is 0 Å². The lowest BCUT2D eigenvalue weighted by Crippen LogP contribution is -2.43.